The van der Waals surface area contributed by atoms with Crippen molar-refractivity contribution in [3.05, 3.63) is 33.9 Å². The Hall–Kier alpha value is -2.11. The summed E-state index contributed by atoms with van der Waals surface area (Å²) < 4.78 is 0. The van der Waals surface area contributed by atoms with Gasteiger partial charge in [-0.05, 0) is 31.7 Å². The summed E-state index contributed by atoms with van der Waals surface area (Å²) in [7, 11) is 0. The number of nitro groups is 1. The highest BCUT2D eigenvalue weighted by Crippen LogP contribution is 2.35. The molecule has 1 aromatic carbocycles. The maximum atomic E-state index is 11.1. The predicted octanol–water partition coefficient (Wildman–Crippen LogP) is 2.50. The number of nitrogens with zero attached hydrogens (tertiary/aromatic N) is 1. The number of non-ortho nitro benzene ring substituents is 1. The fraction of sp³-hybridized carbons (Fsp3) is 0.417. The van der Waals surface area contributed by atoms with E-state index in [4.69, 9.17) is 5.11 Å². The molecule has 6 nitrogen and oxygen atoms in total. The van der Waals surface area contributed by atoms with Gasteiger partial charge in [0.05, 0.1) is 16.2 Å². The maximum Gasteiger partial charge on any atom is 0.337 e. The average Bonchev–Trinajstić information content (AvgIpc) is 3.12. The number of hydrogen-bond acceptors (Lipinski definition) is 4. The van der Waals surface area contributed by atoms with Crippen LogP contribution in [-0.4, -0.2) is 22.0 Å². The highest BCUT2D eigenvalue weighted by atomic mass is 16.6. The Bertz CT molecular complexity index is 497. The molecule has 1 fully saturated rings. The van der Waals surface area contributed by atoms with Crippen LogP contribution in [0.4, 0.5) is 11.4 Å². The molecular weight excluding hydrogens is 236 g/mol. The lowest BCUT2D eigenvalue weighted by Gasteiger charge is -2.15. The number of hydrogen-bond donors (Lipinski definition) is 2. The van der Waals surface area contributed by atoms with Gasteiger partial charge in [-0.1, -0.05) is 0 Å². The Morgan fingerprint density at radius 2 is 2.22 bits per heavy atom. The first-order valence-electron chi connectivity index (χ1n) is 5.77. The summed E-state index contributed by atoms with van der Waals surface area (Å²) in [6.07, 6.45) is 2.23. The molecule has 0 saturated heterocycles. The van der Waals surface area contributed by atoms with Crippen LogP contribution in [-0.2, 0) is 0 Å². The van der Waals surface area contributed by atoms with Gasteiger partial charge in [0.15, 0.2) is 0 Å². The summed E-state index contributed by atoms with van der Waals surface area (Å²) in [6, 6.07) is 3.88. The van der Waals surface area contributed by atoms with E-state index in [1.807, 2.05) is 6.92 Å². The molecule has 6 heteroatoms. The molecule has 18 heavy (non-hydrogen) atoms. The Kier molecular flexibility index (Phi) is 3.18. The molecule has 0 amide bonds. The van der Waals surface area contributed by atoms with Gasteiger partial charge in [0, 0.05) is 18.2 Å². The zero-order chi connectivity index (χ0) is 13.3. The summed E-state index contributed by atoms with van der Waals surface area (Å²) in [5.74, 6) is -0.554. The molecule has 0 radical (unpaired) electrons. The van der Waals surface area contributed by atoms with E-state index in [2.05, 4.69) is 5.32 Å². The second kappa shape index (κ2) is 4.64. The van der Waals surface area contributed by atoms with Gasteiger partial charge in [-0.3, -0.25) is 10.1 Å². The molecule has 0 bridgehead atoms. The van der Waals surface area contributed by atoms with Crippen molar-refractivity contribution in [3.63, 3.8) is 0 Å². The summed E-state index contributed by atoms with van der Waals surface area (Å²) in [5.41, 5.74) is 0.273. The standard InChI is InChI=1S/C12H14N2O4/c1-7(8-2-3-8)13-11-6-9(14(17)18)4-5-10(11)12(15)16/h4-8,13H,2-3H2,1H3,(H,15,16). The Morgan fingerprint density at radius 1 is 1.56 bits per heavy atom. The van der Waals surface area contributed by atoms with Crippen LogP contribution >= 0.6 is 0 Å². The predicted molar refractivity (Wildman–Crippen MR) is 65.9 cm³/mol. The third-order valence-electron chi connectivity index (χ3n) is 3.16. The second-order valence-corrected chi connectivity index (χ2v) is 4.56. The summed E-state index contributed by atoms with van der Waals surface area (Å²) in [6.45, 7) is 1.96. The molecule has 2 N–H and O–H groups in total. The zero-order valence-corrected chi connectivity index (χ0v) is 9.92. The van der Waals surface area contributed by atoms with Crippen molar-refractivity contribution < 1.29 is 14.8 Å². The van der Waals surface area contributed by atoms with E-state index in [1.54, 1.807) is 0 Å². The van der Waals surface area contributed by atoms with Gasteiger partial charge in [0.25, 0.3) is 5.69 Å². The molecule has 1 aliphatic carbocycles. The van der Waals surface area contributed by atoms with Gasteiger partial charge < -0.3 is 10.4 Å². The first kappa shape index (κ1) is 12.3. The normalized spacial score (nSPS) is 16.1. The van der Waals surface area contributed by atoms with Gasteiger partial charge in [0.1, 0.15) is 0 Å². The third-order valence-corrected chi connectivity index (χ3v) is 3.16. The van der Waals surface area contributed by atoms with Gasteiger partial charge in [0.2, 0.25) is 0 Å². The van der Waals surface area contributed by atoms with Crippen LogP contribution in [0.25, 0.3) is 0 Å². The molecule has 0 heterocycles. The number of nitro benzene ring substituents is 1. The number of aromatic carboxylic acids is 1. The number of nitrogens with one attached hydrogen (secondary N) is 1. The van der Waals surface area contributed by atoms with Crippen molar-refractivity contribution in [2.24, 2.45) is 5.92 Å². The maximum absolute atomic E-state index is 11.1. The first-order valence-corrected chi connectivity index (χ1v) is 5.77. The average molecular weight is 250 g/mol. The van der Waals surface area contributed by atoms with Crippen molar-refractivity contribution in [2.45, 2.75) is 25.8 Å². The molecule has 0 aliphatic heterocycles. The van der Waals surface area contributed by atoms with Crippen LogP contribution in [0, 0.1) is 16.0 Å². The molecule has 96 valence electrons. The molecule has 1 unspecified atom stereocenters. The quantitative estimate of drug-likeness (QED) is 0.618. The monoisotopic (exact) mass is 250 g/mol. The Labute approximate surface area is 104 Å². The largest absolute Gasteiger partial charge is 0.478 e. The van der Waals surface area contributed by atoms with Crippen LogP contribution < -0.4 is 5.32 Å². The molecular formula is C12H14N2O4. The highest BCUT2D eigenvalue weighted by Gasteiger charge is 2.29. The van der Waals surface area contributed by atoms with Gasteiger partial charge in [-0.25, -0.2) is 4.79 Å². The molecule has 0 aromatic heterocycles. The van der Waals surface area contributed by atoms with Crippen molar-refractivity contribution in [1.29, 1.82) is 0 Å². The summed E-state index contributed by atoms with van der Waals surface area (Å²) >= 11 is 0. The highest BCUT2D eigenvalue weighted by molar-refractivity contribution is 5.94. The first-order chi connectivity index (χ1) is 8.49. The zero-order valence-electron chi connectivity index (χ0n) is 9.92. The minimum Gasteiger partial charge on any atom is -0.478 e. The van der Waals surface area contributed by atoms with Crippen molar-refractivity contribution in [3.8, 4) is 0 Å². The lowest BCUT2D eigenvalue weighted by molar-refractivity contribution is -0.384. The number of carboxylic acids is 1. The van der Waals surface area contributed by atoms with Crippen LogP contribution in [0.5, 0.6) is 0 Å². The molecule has 0 spiro atoms. The van der Waals surface area contributed by atoms with E-state index in [-0.39, 0.29) is 17.3 Å². The van der Waals surface area contributed by atoms with Crippen LogP contribution in [0.1, 0.15) is 30.1 Å². The van der Waals surface area contributed by atoms with Crippen LogP contribution in [0.15, 0.2) is 18.2 Å². The molecule has 1 atom stereocenters. The van der Waals surface area contributed by atoms with Crippen LogP contribution in [0.2, 0.25) is 0 Å². The summed E-state index contributed by atoms with van der Waals surface area (Å²) in [4.78, 5) is 21.2. The number of carbonyl (C=O) groups is 1. The van der Waals surface area contributed by atoms with Crippen molar-refractivity contribution >= 4 is 17.3 Å². The van der Waals surface area contributed by atoms with E-state index in [0.717, 1.165) is 12.8 Å². The second-order valence-electron chi connectivity index (χ2n) is 4.56. The Balaban J connectivity index is 2.30. The van der Waals surface area contributed by atoms with Gasteiger partial charge in [-0.15, -0.1) is 0 Å². The Morgan fingerprint density at radius 3 is 2.72 bits per heavy atom. The number of carboxylic acid groups (broad SMARTS) is 1. The molecule has 1 saturated carbocycles. The van der Waals surface area contributed by atoms with Crippen molar-refractivity contribution in [2.75, 3.05) is 5.32 Å². The molecule has 2 rings (SSSR count). The van der Waals surface area contributed by atoms with E-state index in [1.165, 1.54) is 18.2 Å². The topological polar surface area (TPSA) is 92.5 Å². The minimum absolute atomic E-state index is 0.0631. The lowest BCUT2D eigenvalue weighted by Crippen LogP contribution is -2.19. The fourth-order valence-electron chi connectivity index (χ4n) is 1.91. The SMILES string of the molecule is CC(Nc1cc([N+](=O)[O-])ccc1C(=O)O)C1CC1. The van der Waals surface area contributed by atoms with E-state index < -0.39 is 10.9 Å². The minimum atomic E-state index is -1.09. The van der Waals surface area contributed by atoms with Crippen LogP contribution in [0.3, 0.4) is 0 Å². The third kappa shape index (κ3) is 2.58. The smallest absolute Gasteiger partial charge is 0.337 e. The van der Waals surface area contributed by atoms with E-state index in [0.29, 0.717) is 11.6 Å². The fourth-order valence-corrected chi connectivity index (χ4v) is 1.91. The van der Waals surface area contributed by atoms with Gasteiger partial charge in [-0.2, -0.15) is 0 Å². The lowest BCUT2D eigenvalue weighted by atomic mass is 10.1. The number of benzene rings is 1. The number of rotatable bonds is 5. The van der Waals surface area contributed by atoms with Crippen molar-refractivity contribution in [1.82, 2.24) is 0 Å². The van der Waals surface area contributed by atoms with Gasteiger partial charge >= 0.3 is 5.97 Å². The van der Waals surface area contributed by atoms with E-state index in [9.17, 15) is 14.9 Å². The van der Waals surface area contributed by atoms with E-state index >= 15 is 0 Å². The molecule has 1 aromatic rings. The molecule has 1 aliphatic rings. The number of anilines is 1. The summed E-state index contributed by atoms with van der Waals surface area (Å²) in [5, 5.41) is 22.8.